The molecule has 3 saturated heterocycles. The van der Waals surface area contributed by atoms with E-state index >= 15 is 8.78 Å². The van der Waals surface area contributed by atoms with E-state index in [0.29, 0.717) is 24.1 Å². The molecule has 7 rings (SSSR count). The number of amides is 3. The molecule has 4 fully saturated rings. The molecule has 6 atom stereocenters. The molecule has 41 heavy (non-hydrogen) atoms. The smallest absolute Gasteiger partial charge is 0.264 e. The lowest BCUT2D eigenvalue weighted by molar-refractivity contribution is -0.201. The van der Waals surface area contributed by atoms with E-state index < -0.39 is 59.7 Å². The molecule has 2 aromatic carbocycles. The Bertz CT molecular complexity index is 1480. The number of halogens is 3. The van der Waals surface area contributed by atoms with Crippen molar-refractivity contribution in [1.29, 1.82) is 5.26 Å². The van der Waals surface area contributed by atoms with Crippen LogP contribution in [0.3, 0.4) is 0 Å². The fraction of sp³-hybridized carbons (Fsp3) is 0.467. The molecule has 0 unspecified atom stereocenters. The minimum Gasteiger partial charge on any atom is -0.372 e. The maximum atomic E-state index is 15.3. The van der Waals surface area contributed by atoms with Crippen LogP contribution in [0.1, 0.15) is 49.7 Å². The van der Waals surface area contributed by atoms with Crippen molar-refractivity contribution in [3.05, 3.63) is 58.6 Å². The Morgan fingerprint density at radius 1 is 1.17 bits per heavy atom. The summed E-state index contributed by atoms with van der Waals surface area (Å²) in [6.45, 7) is 0.538. The highest BCUT2D eigenvalue weighted by Gasteiger charge is 2.63. The molecule has 3 heterocycles. The number of aliphatic hydroxyl groups is 1. The SMILES string of the molecule is N#C[C@@H](C[C@H]1CCCNC1=O)NC(=O)[C@H]1[C@H]2CC[C@H](CC2(F)F)N1C(=O)[C@@]1(O)c2ccccc2-c2ccc(Cl)cc21. The summed E-state index contributed by atoms with van der Waals surface area (Å²) in [6, 6.07) is 9.88. The Morgan fingerprint density at radius 2 is 1.93 bits per heavy atom. The number of nitriles is 1. The molecule has 3 amide bonds. The lowest BCUT2D eigenvalue weighted by atomic mass is 9.70. The molecule has 214 valence electrons. The number of rotatable bonds is 5. The first-order chi connectivity index (χ1) is 19.6. The molecule has 8 nitrogen and oxygen atoms in total. The molecule has 0 aromatic heterocycles. The van der Waals surface area contributed by atoms with E-state index in [1.807, 2.05) is 6.07 Å². The maximum Gasteiger partial charge on any atom is 0.264 e. The average Bonchev–Trinajstić information content (AvgIpc) is 3.21. The standard InChI is InChI=1S/C30H29ClF2N4O4/c31-17-7-9-21-20-5-1-2-6-22(20)30(41,24(21)13-17)28(40)37-19-8-10-23(29(32,33)14-19)25(37)27(39)36-18(15-34)12-16-4-3-11-35-26(16)38/h1-2,5-7,9,13,16,18-19,23,25,41H,3-4,8,10-12,14H2,(H,35,38)(H,36,39)/t16-,18-,19-,23-,25-,30-/m1/s1. The van der Waals surface area contributed by atoms with Crippen molar-refractivity contribution in [2.45, 2.75) is 68.2 Å². The van der Waals surface area contributed by atoms with Gasteiger partial charge in [0.1, 0.15) is 12.1 Å². The molecule has 3 N–H and O–H groups in total. The molecule has 2 aliphatic carbocycles. The first-order valence-electron chi connectivity index (χ1n) is 13.9. The second-order valence-corrected chi connectivity index (χ2v) is 11.9. The Morgan fingerprint density at radius 3 is 2.66 bits per heavy atom. The Kier molecular flexibility index (Phi) is 6.78. The summed E-state index contributed by atoms with van der Waals surface area (Å²) in [5, 5.41) is 27.6. The second-order valence-electron chi connectivity index (χ2n) is 11.5. The molecule has 1 saturated carbocycles. The van der Waals surface area contributed by atoms with Gasteiger partial charge in [-0.1, -0.05) is 41.9 Å². The van der Waals surface area contributed by atoms with Crippen molar-refractivity contribution in [1.82, 2.24) is 15.5 Å². The average molecular weight is 583 g/mol. The first kappa shape index (κ1) is 27.6. The number of alkyl halides is 2. The molecule has 3 aliphatic heterocycles. The van der Waals surface area contributed by atoms with Crippen LogP contribution in [0.25, 0.3) is 11.1 Å². The maximum absolute atomic E-state index is 15.3. The largest absolute Gasteiger partial charge is 0.372 e. The van der Waals surface area contributed by atoms with Gasteiger partial charge in [-0.05, 0) is 55.4 Å². The topological polar surface area (TPSA) is 123 Å². The fourth-order valence-corrected chi connectivity index (χ4v) is 7.36. The van der Waals surface area contributed by atoms with Gasteiger partial charge < -0.3 is 20.6 Å². The molecule has 2 aromatic rings. The highest BCUT2D eigenvalue weighted by molar-refractivity contribution is 6.31. The van der Waals surface area contributed by atoms with Crippen LogP contribution in [0.5, 0.6) is 0 Å². The van der Waals surface area contributed by atoms with Crippen LogP contribution in [0.15, 0.2) is 42.5 Å². The van der Waals surface area contributed by atoms with Gasteiger partial charge in [0.2, 0.25) is 11.8 Å². The lowest BCUT2D eigenvalue weighted by Crippen LogP contribution is -2.70. The summed E-state index contributed by atoms with van der Waals surface area (Å²) in [6.07, 6.45) is 0.943. The monoisotopic (exact) mass is 582 g/mol. The minimum atomic E-state index is -3.22. The van der Waals surface area contributed by atoms with E-state index in [1.165, 1.54) is 6.07 Å². The van der Waals surface area contributed by atoms with Crippen molar-refractivity contribution >= 4 is 29.3 Å². The summed E-state index contributed by atoms with van der Waals surface area (Å²) in [4.78, 5) is 41.6. The van der Waals surface area contributed by atoms with Gasteiger partial charge in [-0.25, -0.2) is 8.78 Å². The summed E-state index contributed by atoms with van der Waals surface area (Å²) in [5.74, 6) is -7.19. The quantitative estimate of drug-likeness (QED) is 0.498. The van der Waals surface area contributed by atoms with Crippen molar-refractivity contribution in [3.8, 4) is 17.2 Å². The van der Waals surface area contributed by atoms with Crippen molar-refractivity contribution in [3.63, 3.8) is 0 Å². The minimum absolute atomic E-state index is 0.0131. The van der Waals surface area contributed by atoms with E-state index in [1.54, 1.807) is 36.4 Å². The van der Waals surface area contributed by atoms with Gasteiger partial charge in [0.05, 0.1) is 12.0 Å². The molecule has 2 bridgehead atoms. The van der Waals surface area contributed by atoms with Crippen LogP contribution >= 0.6 is 11.6 Å². The number of benzene rings is 2. The summed E-state index contributed by atoms with van der Waals surface area (Å²) in [5.41, 5.74) is -0.546. The summed E-state index contributed by atoms with van der Waals surface area (Å²) in [7, 11) is 0. The van der Waals surface area contributed by atoms with Gasteiger partial charge in [0.15, 0.2) is 5.60 Å². The Balaban J connectivity index is 1.36. The third kappa shape index (κ3) is 4.37. The fourth-order valence-electron chi connectivity index (χ4n) is 7.19. The Hall–Kier alpha value is -3.55. The second kappa shape index (κ2) is 10.1. The third-order valence-corrected chi connectivity index (χ3v) is 9.35. The van der Waals surface area contributed by atoms with E-state index in [2.05, 4.69) is 10.6 Å². The number of fused-ring (bicyclic) bond motifs is 6. The van der Waals surface area contributed by atoms with Crippen LogP contribution in [0.2, 0.25) is 5.02 Å². The van der Waals surface area contributed by atoms with E-state index in [9.17, 15) is 24.8 Å². The predicted molar refractivity (Wildman–Crippen MR) is 144 cm³/mol. The zero-order valence-corrected chi connectivity index (χ0v) is 22.8. The number of piperidine rings is 3. The zero-order valence-electron chi connectivity index (χ0n) is 22.1. The van der Waals surface area contributed by atoms with E-state index in [0.717, 1.165) is 11.3 Å². The van der Waals surface area contributed by atoms with Crippen LogP contribution in [-0.2, 0) is 20.0 Å². The lowest BCUT2D eigenvalue weighted by Gasteiger charge is -2.54. The van der Waals surface area contributed by atoms with Crippen LogP contribution < -0.4 is 10.6 Å². The molecule has 0 spiro atoms. The van der Waals surface area contributed by atoms with Crippen LogP contribution in [0.4, 0.5) is 8.78 Å². The summed E-state index contributed by atoms with van der Waals surface area (Å²) >= 11 is 6.27. The van der Waals surface area contributed by atoms with Gasteiger partial charge in [-0.2, -0.15) is 5.26 Å². The number of nitrogens with zero attached hydrogens (tertiary/aromatic N) is 2. The van der Waals surface area contributed by atoms with Crippen molar-refractivity contribution in [2.75, 3.05) is 6.54 Å². The third-order valence-electron chi connectivity index (χ3n) is 9.12. The zero-order chi connectivity index (χ0) is 29.1. The van der Waals surface area contributed by atoms with Gasteiger partial charge in [0.25, 0.3) is 11.8 Å². The van der Waals surface area contributed by atoms with Crippen LogP contribution in [-0.4, -0.2) is 58.3 Å². The van der Waals surface area contributed by atoms with Crippen molar-refractivity contribution < 1.29 is 28.3 Å². The van der Waals surface area contributed by atoms with Crippen molar-refractivity contribution in [2.24, 2.45) is 11.8 Å². The highest BCUT2D eigenvalue weighted by atomic mass is 35.5. The van der Waals surface area contributed by atoms with Gasteiger partial charge in [-0.15, -0.1) is 0 Å². The normalized spacial score (nSPS) is 30.0. The highest BCUT2D eigenvalue weighted by Crippen LogP contribution is 2.54. The molecular formula is C30H29ClF2N4O4. The number of nitrogens with one attached hydrogen (secondary N) is 2. The summed E-state index contributed by atoms with van der Waals surface area (Å²) < 4.78 is 30.6. The number of hydrogen-bond donors (Lipinski definition) is 3. The van der Waals surface area contributed by atoms with E-state index in [-0.39, 0.29) is 41.3 Å². The molecule has 11 heteroatoms. The number of carbonyl (C=O) groups excluding carboxylic acids is 3. The number of hydrogen-bond acceptors (Lipinski definition) is 5. The van der Waals surface area contributed by atoms with Gasteiger partial charge >= 0.3 is 0 Å². The first-order valence-corrected chi connectivity index (χ1v) is 14.2. The van der Waals surface area contributed by atoms with Gasteiger partial charge in [-0.3, -0.25) is 14.4 Å². The molecule has 0 radical (unpaired) electrons. The molecular weight excluding hydrogens is 554 g/mol. The number of carbonyl (C=O) groups is 3. The molecule has 5 aliphatic rings. The van der Waals surface area contributed by atoms with E-state index in [4.69, 9.17) is 11.6 Å². The van der Waals surface area contributed by atoms with Gasteiger partial charge in [0, 0.05) is 41.1 Å². The van der Waals surface area contributed by atoms with Crippen LogP contribution in [0, 0.1) is 23.2 Å². The predicted octanol–water partition coefficient (Wildman–Crippen LogP) is 3.50. The Labute approximate surface area is 240 Å².